The van der Waals surface area contributed by atoms with E-state index >= 15 is 0 Å². The van der Waals surface area contributed by atoms with Crippen molar-refractivity contribution in [2.45, 2.75) is 69.6 Å². The summed E-state index contributed by atoms with van der Waals surface area (Å²) in [5.41, 5.74) is 2.21. The van der Waals surface area contributed by atoms with Gasteiger partial charge in [0.25, 0.3) is 0 Å². The van der Waals surface area contributed by atoms with Crippen LogP contribution in [0.25, 0.3) is 0 Å². The summed E-state index contributed by atoms with van der Waals surface area (Å²) in [5, 5.41) is 6.60. The zero-order valence-electron chi connectivity index (χ0n) is 17.5. The SMILES string of the molecule is O=C(NC1CCCCC1)[C@H]1NC[C@@H](OCc2ccccc2)[C@@H]1OCc1ccccc1. The number of carbonyl (C=O) groups excluding carboxylic acids is 1. The maximum atomic E-state index is 13.0. The van der Waals surface area contributed by atoms with Crippen LogP contribution in [-0.2, 0) is 27.5 Å². The fraction of sp³-hybridized carbons (Fsp3) is 0.480. The van der Waals surface area contributed by atoms with Crippen molar-refractivity contribution in [1.29, 1.82) is 0 Å². The molecule has 1 aliphatic carbocycles. The highest BCUT2D eigenvalue weighted by Crippen LogP contribution is 2.22. The van der Waals surface area contributed by atoms with Crippen LogP contribution >= 0.6 is 0 Å². The minimum absolute atomic E-state index is 0.0331. The summed E-state index contributed by atoms with van der Waals surface area (Å²) in [6.45, 7) is 1.58. The van der Waals surface area contributed by atoms with Gasteiger partial charge in [0.05, 0.1) is 19.3 Å². The lowest BCUT2D eigenvalue weighted by Gasteiger charge is -2.28. The molecule has 2 aliphatic rings. The van der Waals surface area contributed by atoms with Crippen LogP contribution in [0.2, 0.25) is 0 Å². The Bertz CT molecular complexity index is 777. The molecule has 1 aliphatic heterocycles. The zero-order chi connectivity index (χ0) is 20.6. The third-order valence-electron chi connectivity index (χ3n) is 6.06. The molecule has 2 aromatic rings. The van der Waals surface area contributed by atoms with E-state index in [1.165, 1.54) is 19.3 Å². The zero-order valence-corrected chi connectivity index (χ0v) is 17.5. The first-order valence-corrected chi connectivity index (χ1v) is 11.1. The third-order valence-corrected chi connectivity index (χ3v) is 6.06. The molecule has 0 bridgehead atoms. The Morgan fingerprint density at radius 1 is 0.867 bits per heavy atom. The maximum absolute atomic E-state index is 13.0. The van der Waals surface area contributed by atoms with Gasteiger partial charge in [-0.25, -0.2) is 0 Å². The summed E-state index contributed by atoms with van der Waals surface area (Å²) >= 11 is 0. The third kappa shape index (κ3) is 5.69. The molecule has 0 aromatic heterocycles. The van der Waals surface area contributed by atoms with Crippen LogP contribution in [0, 0.1) is 0 Å². The molecule has 2 N–H and O–H groups in total. The predicted molar refractivity (Wildman–Crippen MR) is 117 cm³/mol. The predicted octanol–water partition coefficient (Wildman–Crippen LogP) is 3.58. The number of hydrogen-bond donors (Lipinski definition) is 2. The normalized spacial score (nSPS) is 24.6. The van der Waals surface area contributed by atoms with Gasteiger partial charge in [0, 0.05) is 12.6 Å². The molecule has 1 saturated heterocycles. The van der Waals surface area contributed by atoms with Gasteiger partial charge in [-0.1, -0.05) is 79.9 Å². The van der Waals surface area contributed by atoms with Crippen LogP contribution in [0.15, 0.2) is 60.7 Å². The summed E-state index contributed by atoms with van der Waals surface area (Å²) in [7, 11) is 0. The maximum Gasteiger partial charge on any atom is 0.240 e. The Morgan fingerprint density at radius 2 is 1.47 bits per heavy atom. The fourth-order valence-corrected chi connectivity index (χ4v) is 4.37. The van der Waals surface area contributed by atoms with Crippen molar-refractivity contribution in [2.75, 3.05) is 6.54 Å². The second kappa shape index (κ2) is 10.7. The summed E-state index contributed by atoms with van der Waals surface area (Å²) in [5.74, 6) is 0.0331. The molecular formula is C25H32N2O3. The minimum Gasteiger partial charge on any atom is -0.369 e. The molecule has 30 heavy (non-hydrogen) atoms. The number of benzene rings is 2. The smallest absolute Gasteiger partial charge is 0.240 e. The average Bonchev–Trinajstić information content (AvgIpc) is 3.21. The van der Waals surface area contributed by atoms with Crippen LogP contribution in [-0.4, -0.2) is 36.7 Å². The summed E-state index contributed by atoms with van der Waals surface area (Å²) in [4.78, 5) is 13.0. The number of carbonyl (C=O) groups is 1. The molecule has 3 atom stereocenters. The van der Waals surface area contributed by atoms with Crippen LogP contribution in [0.3, 0.4) is 0 Å². The van der Waals surface area contributed by atoms with Gasteiger partial charge in [0.1, 0.15) is 12.1 Å². The average molecular weight is 409 g/mol. The Morgan fingerprint density at radius 3 is 2.10 bits per heavy atom. The monoisotopic (exact) mass is 408 g/mol. The molecule has 2 aromatic carbocycles. The van der Waals surface area contributed by atoms with Gasteiger partial charge in [-0.15, -0.1) is 0 Å². The highest BCUT2D eigenvalue weighted by molar-refractivity contribution is 5.83. The Hall–Kier alpha value is -2.21. The molecule has 0 radical (unpaired) electrons. The van der Waals surface area contributed by atoms with Gasteiger partial charge in [0.2, 0.25) is 5.91 Å². The number of nitrogens with one attached hydrogen (secondary N) is 2. The van der Waals surface area contributed by atoms with E-state index in [9.17, 15) is 4.79 Å². The molecule has 1 saturated carbocycles. The first kappa shape index (κ1) is 21.0. The van der Waals surface area contributed by atoms with E-state index in [0.29, 0.717) is 19.8 Å². The van der Waals surface area contributed by atoms with Crippen molar-refractivity contribution in [3.05, 3.63) is 71.8 Å². The van der Waals surface area contributed by atoms with Crippen molar-refractivity contribution in [1.82, 2.24) is 10.6 Å². The molecular weight excluding hydrogens is 376 g/mol. The standard InChI is InChI=1S/C25H32N2O3/c28-25(27-21-14-8-3-9-15-21)23-24(30-18-20-12-6-2-7-13-20)22(16-26-23)29-17-19-10-4-1-5-11-19/h1-2,4-7,10-13,21-24,26H,3,8-9,14-18H2,(H,27,28)/t22-,23+,24+/m1/s1. The van der Waals surface area contributed by atoms with Crippen molar-refractivity contribution in [3.8, 4) is 0 Å². The van der Waals surface area contributed by atoms with E-state index in [-0.39, 0.29) is 24.2 Å². The first-order chi connectivity index (χ1) is 14.8. The lowest BCUT2D eigenvalue weighted by molar-refractivity contribution is -0.130. The van der Waals surface area contributed by atoms with Gasteiger partial charge in [-0.05, 0) is 24.0 Å². The Labute approximate surface area is 179 Å². The van der Waals surface area contributed by atoms with Gasteiger partial charge in [-0.3, -0.25) is 4.79 Å². The number of hydrogen-bond acceptors (Lipinski definition) is 4. The topological polar surface area (TPSA) is 59.6 Å². The van der Waals surface area contributed by atoms with E-state index in [1.54, 1.807) is 0 Å². The van der Waals surface area contributed by atoms with Crippen molar-refractivity contribution in [3.63, 3.8) is 0 Å². The van der Waals surface area contributed by atoms with E-state index in [0.717, 1.165) is 24.0 Å². The van der Waals surface area contributed by atoms with Gasteiger partial charge in [0.15, 0.2) is 0 Å². The second-order valence-electron chi connectivity index (χ2n) is 8.33. The van der Waals surface area contributed by atoms with E-state index in [4.69, 9.17) is 9.47 Å². The molecule has 1 amide bonds. The quantitative estimate of drug-likeness (QED) is 0.701. The summed E-state index contributed by atoms with van der Waals surface area (Å²) in [6, 6.07) is 20.1. The fourth-order valence-electron chi connectivity index (χ4n) is 4.37. The number of rotatable bonds is 8. The van der Waals surface area contributed by atoms with E-state index in [2.05, 4.69) is 22.8 Å². The molecule has 5 heteroatoms. The molecule has 0 spiro atoms. The molecule has 5 nitrogen and oxygen atoms in total. The van der Waals surface area contributed by atoms with Gasteiger partial charge >= 0.3 is 0 Å². The van der Waals surface area contributed by atoms with Gasteiger partial charge in [-0.2, -0.15) is 0 Å². The van der Waals surface area contributed by atoms with Crippen LogP contribution in [0.1, 0.15) is 43.2 Å². The largest absolute Gasteiger partial charge is 0.369 e. The molecule has 1 heterocycles. The molecule has 2 fully saturated rings. The lowest BCUT2D eigenvalue weighted by Crippen LogP contribution is -2.51. The number of ether oxygens (including phenoxy) is 2. The molecule has 4 rings (SSSR count). The van der Waals surface area contributed by atoms with Crippen LogP contribution in [0.4, 0.5) is 0 Å². The summed E-state index contributed by atoms with van der Waals surface area (Å²) in [6.07, 6.45) is 5.31. The van der Waals surface area contributed by atoms with Crippen LogP contribution < -0.4 is 10.6 Å². The van der Waals surface area contributed by atoms with Gasteiger partial charge < -0.3 is 20.1 Å². The number of amides is 1. The Balaban J connectivity index is 1.40. The van der Waals surface area contributed by atoms with E-state index in [1.807, 2.05) is 48.5 Å². The first-order valence-electron chi connectivity index (χ1n) is 11.1. The van der Waals surface area contributed by atoms with E-state index < -0.39 is 6.04 Å². The Kier molecular flexibility index (Phi) is 7.51. The second-order valence-corrected chi connectivity index (χ2v) is 8.33. The summed E-state index contributed by atoms with van der Waals surface area (Å²) < 4.78 is 12.5. The van der Waals surface area contributed by atoms with Crippen molar-refractivity contribution < 1.29 is 14.3 Å². The van der Waals surface area contributed by atoms with Crippen molar-refractivity contribution >= 4 is 5.91 Å². The molecule has 0 unspecified atom stereocenters. The minimum atomic E-state index is -0.392. The molecule has 160 valence electrons. The highest BCUT2D eigenvalue weighted by Gasteiger charge is 2.42. The lowest BCUT2D eigenvalue weighted by atomic mass is 9.95. The highest BCUT2D eigenvalue weighted by atomic mass is 16.5. The van der Waals surface area contributed by atoms with Crippen molar-refractivity contribution in [2.24, 2.45) is 0 Å². The van der Waals surface area contributed by atoms with Crippen LogP contribution in [0.5, 0.6) is 0 Å².